The molecule has 1 aromatic carbocycles. The Bertz CT molecular complexity index is 814. The fourth-order valence-electron chi connectivity index (χ4n) is 3.58. The molecule has 0 unspecified atom stereocenters. The minimum absolute atomic E-state index is 0.00439. The maximum Gasteiger partial charge on any atom is 0.254 e. The lowest BCUT2D eigenvalue weighted by molar-refractivity contribution is -0.134. The lowest BCUT2D eigenvalue weighted by Gasteiger charge is -2.29. The van der Waals surface area contributed by atoms with E-state index in [0.717, 1.165) is 12.8 Å². The highest BCUT2D eigenvalue weighted by Crippen LogP contribution is 2.17. The fraction of sp³-hybridized carbons (Fsp3) is 0.478. The van der Waals surface area contributed by atoms with Gasteiger partial charge < -0.3 is 19.0 Å². The van der Waals surface area contributed by atoms with Crippen LogP contribution in [0.2, 0.25) is 0 Å². The van der Waals surface area contributed by atoms with Gasteiger partial charge >= 0.3 is 0 Å². The van der Waals surface area contributed by atoms with Gasteiger partial charge in [-0.15, -0.1) is 0 Å². The molecule has 1 aliphatic heterocycles. The second-order valence-electron chi connectivity index (χ2n) is 8.08. The molecular formula is C23H29FN2O4. The third-order valence-corrected chi connectivity index (χ3v) is 5.02. The first-order valence-corrected chi connectivity index (χ1v) is 10.4. The third kappa shape index (κ3) is 6.16. The zero-order chi connectivity index (χ0) is 21.5. The van der Waals surface area contributed by atoms with Crippen molar-refractivity contribution in [3.63, 3.8) is 0 Å². The van der Waals surface area contributed by atoms with E-state index in [0.29, 0.717) is 37.6 Å². The van der Waals surface area contributed by atoms with Crippen molar-refractivity contribution in [1.82, 2.24) is 9.80 Å². The molecule has 7 heteroatoms. The van der Waals surface area contributed by atoms with E-state index in [9.17, 15) is 14.0 Å². The van der Waals surface area contributed by atoms with Crippen molar-refractivity contribution in [3.8, 4) is 0 Å². The van der Waals surface area contributed by atoms with Crippen molar-refractivity contribution < 1.29 is 23.1 Å². The largest absolute Gasteiger partial charge is 0.467 e. The van der Waals surface area contributed by atoms with Crippen molar-refractivity contribution >= 4 is 11.8 Å². The Balaban J connectivity index is 1.74. The molecule has 2 amide bonds. The smallest absolute Gasteiger partial charge is 0.254 e. The van der Waals surface area contributed by atoms with Crippen LogP contribution in [0.4, 0.5) is 4.39 Å². The van der Waals surface area contributed by atoms with Crippen LogP contribution in [0.25, 0.3) is 0 Å². The molecule has 1 aliphatic rings. The molecule has 1 atom stereocenters. The molecule has 3 rings (SSSR count). The van der Waals surface area contributed by atoms with Crippen molar-refractivity contribution in [3.05, 3.63) is 59.8 Å². The summed E-state index contributed by atoms with van der Waals surface area (Å²) in [6.45, 7) is 5.84. The van der Waals surface area contributed by atoms with Crippen LogP contribution in [0.5, 0.6) is 0 Å². The number of hydrogen-bond donors (Lipinski definition) is 0. The SMILES string of the molecule is CC(C)CN(CC(=O)N(Cc1ccco1)C[C@H]1CCCO1)C(=O)c1ccc(F)cc1. The summed E-state index contributed by atoms with van der Waals surface area (Å²) >= 11 is 0. The number of rotatable bonds is 9. The molecule has 0 N–H and O–H groups in total. The van der Waals surface area contributed by atoms with Crippen LogP contribution < -0.4 is 0 Å². The monoisotopic (exact) mass is 416 g/mol. The number of halogens is 1. The Kier molecular flexibility index (Phi) is 7.63. The summed E-state index contributed by atoms with van der Waals surface area (Å²) in [6.07, 6.45) is 3.46. The van der Waals surface area contributed by atoms with Crippen LogP contribution >= 0.6 is 0 Å². The topological polar surface area (TPSA) is 63.0 Å². The predicted octanol–water partition coefficient (Wildman–Crippen LogP) is 3.72. The molecule has 30 heavy (non-hydrogen) atoms. The number of amides is 2. The van der Waals surface area contributed by atoms with Gasteiger partial charge in [-0.3, -0.25) is 9.59 Å². The maximum atomic E-state index is 13.2. The van der Waals surface area contributed by atoms with Crippen LogP contribution in [0.3, 0.4) is 0 Å². The van der Waals surface area contributed by atoms with Crippen molar-refractivity contribution in [2.75, 3.05) is 26.2 Å². The predicted molar refractivity (Wildman–Crippen MR) is 110 cm³/mol. The summed E-state index contributed by atoms with van der Waals surface area (Å²) in [5.74, 6) is 0.00449. The average molecular weight is 416 g/mol. The molecule has 0 spiro atoms. The third-order valence-electron chi connectivity index (χ3n) is 5.02. The maximum absolute atomic E-state index is 13.2. The summed E-state index contributed by atoms with van der Waals surface area (Å²) < 4.78 is 24.4. The van der Waals surface area contributed by atoms with Crippen LogP contribution in [0.1, 0.15) is 42.8 Å². The van der Waals surface area contributed by atoms with Crippen LogP contribution in [-0.2, 0) is 16.1 Å². The quantitative estimate of drug-likeness (QED) is 0.625. The number of ether oxygens (including phenoxy) is 1. The highest BCUT2D eigenvalue weighted by molar-refractivity contribution is 5.96. The van der Waals surface area contributed by atoms with Gasteiger partial charge in [0.15, 0.2) is 0 Å². The zero-order valence-corrected chi connectivity index (χ0v) is 17.6. The van der Waals surface area contributed by atoms with E-state index in [2.05, 4.69) is 0 Å². The summed E-state index contributed by atoms with van der Waals surface area (Å²) in [4.78, 5) is 29.4. The molecule has 1 saturated heterocycles. The Labute approximate surface area is 176 Å². The summed E-state index contributed by atoms with van der Waals surface area (Å²) in [5.41, 5.74) is 0.363. The average Bonchev–Trinajstić information content (AvgIpc) is 3.41. The summed E-state index contributed by atoms with van der Waals surface area (Å²) in [7, 11) is 0. The Morgan fingerprint density at radius 3 is 2.53 bits per heavy atom. The van der Waals surface area contributed by atoms with E-state index in [1.165, 1.54) is 29.2 Å². The molecule has 2 aromatic rings. The number of furan rings is 1. The van der Waals surface area contributed by atoms with Crippen LogP contribution in [0, 0.1) is 11.7 Å². The second-order valence-corrected chi connectivity index (χ2v) is 8.08. The van der Waals surface area contributed by atoms with Gasteiger partial charge in [-0.25, -0.2) is 4.39 Å². The van der Waals surface area contributed by atoms with Gasteiger partial charge in [0.1, 0.15) is 18.1 Å². The van der Waals surface area contributed by atoms with Gasteiger partial charge in [0, 0.05) is 25.3 Å². The van der Waals surface area contributed by atoms with E-state index >= 15 is 0 Å². The van der Waals surface area contributed by atoms with Crippen LogP contribution in [-0.4, -0.2) is 54.0 Å². The van der Waals surface area contributed by atoms with Crippen molar-refractivity contribution in [2.45, 2.75) is 39.3 Å². The van der Waals surface area contributed by atoms with Gasteiger partial charge in [0.2, 0.25) is 5.91 Å². The van der Waals surface area contributed by atoms with Crippen LogP contribution in [0.15, 0.2) is 47.1 Å². The van der Waals surface area contributed by atoms with Gasteiger partial charge in [-0.2, -0.15) is 0 Å². The molecule has 6 nitrogen and oxygen atoms in total. The molecule has 0 radical (unpaired) electrons. The summed E-state index contributed by atoms with van der Waals surface area (Å²) in [6, 6.07) is 9.01. The first-order valence-electron chi connectivity index (χ1n) is 10.4. The van der Waals surface area contributed by atoms with Crippen molar-refractivity contribution in [2.24, 2.45) is 5.92 Å². The first-order chi connectivity index (χ1) is 14.4. The van der Waals surface area contributed by atoms with E-state index in [-0.39, 0.29) is 30.4 Å². The van der Waals surface area contributed by atoms with Gasteiger partial charge in [0.25, 0.3) is 5.91 Å². The molecule has 1 aromatic heterocycles. The first kappa shape index (κ1) is 22.0. The molecule has 162 valence electrons. The van der Waals surface area contributed by atoms with Crippen molar-refractivity contribution in [1.29, 1.82) is 0 Å². The molecule has 2 heterocycles. The molecular weight excluding hydrogens is 387 g/mol. The molecule has 0 bridgehead atoms. The normalized spacial score (nSPS) is 16.1. The van der Waals surface area contributed by atoms with E-state index in [4.69, 9.17) is 9.15 Å². The Hall–Kier alpha value is -2.67. The standard InChI is InChI=1S/C23H29FN2O4/c1-17(2)13-26(23(28)18-7-9-19(24)10-8-18)16-22(27)25(14-20-5-3-11-29-20)15-21-6-4-12-30-21/h3,5,7-11,17,21H,4,6,12-16H2,1-2H3/t21-/m1/s1. The number of nitrogens with zero attached hydrogens (tertiary/aromatic N) is 2. The van der Waals surface area contributed by atoms with E-state index in [1.54, 1.807) is 17.2 Å². The van der Waals surface area contributed by atoms with E-state index < -0.39 is 5.82 Å². The number of benzene rings is 1. The molecule has 1 fully saturated rings. The highest BCUT2D eigenvalue weighted by atomic mass is 19.1. The van der Waals surface area contributed by atoms with Gasteiger partial charge in [0.05, 0.1) is 18.9 Å². The minimum atomic E-state index is -0.403. The lowest BCUT2D eigenvalue weighted by Crippen LogP contribution is -2.46. The molecule has 0 saturated carbocycles. The summed E-state index contributed by atoms with van der Waals surface area (Å²) in [5, 5.41) is 0. The lowest BCUT2D eigenvalue weighted by atomic mass is 10.1. The highest BCUT2D eigenvalue weighted by Gasteiger charge is 2.27. The van der Waals surface area contributed by atoms with Gasteiger partial charge in [-0.1, -0.05) is 13.8 Å². The Morgan fingerprint density at radius 2 is 1.93 bits per heavy atom. The number of hydrogen-bond acceptors (Lipinski definition) is 4. The Morgan fingerprint density at radius 1 is 1.17 bits per heavy atom. The number of carbonyl (C=O) groups excluding carboxylic acids is 2. The minimum Gasteiger partial charge on any atom is -0.467 e. The fourth-order valence-corrected chi connectivity index (χ4v) is 3.58. The zero-order valence-electron chi connectivity index (χ0n) is 17.6. The molecule has 0 aliphatic carbocycles. The van der Waals surface area contributed by atoms with Gasteiger partial charge in [-0.05, 0) is 55.2 Å². The second kappa shape index (κ2) is 10.4. The van der Waals surface area contributed by atoms with E-state index in [1.807, 2.05) is 19.9 Å². The number of carbonyl (C=O) groups is 2.